The van der Waals surface area contributed by atoms with E-state index in [1.165, 1.54) is 5.56 Å². The van der Waals surface area contributed by atoms with Gasteiger partial charge >= 0.3 is 0 Å². The zero-order valence-electron chi connectivity index (χ0n) is 18.7. The van der Waals surface area contributed by atoms with Crippen molar-refractivity contribution in [2.24, 2.45) is 0 Å². The van der Waals surface area contributed by atoms with Gasteiger partial charge in [-0.15, -0.1) is 23.1 Å². The van der Waals surface area contributed by atoms with Gasteiger partial charge in [-0.3, -0.25) is 9.59 Å². The molecule has 0 spiro atoms. The van der Waals surface area contributed by atoms with Gasteiger partial charge in [-0.25, -0.2) is 4.98 Å². The first-order valence-corrected chi connectivity index (χ1v) is 12.9. The van der Waals surface area contributed by atoms with E-state index in [-0.39, 0.29) is 11.8 Å². The predicted molar refractivity (Wildman–Crippen MR) is 139 cm³/mol. The SMILES string of the molecule is Cc1nc(CSc2ccc(C(=O)Nc3ccc(C(=O)N4CCc5ccccc54)cc3)cc2)cs1. The number of hydrogen-bond acceptors (Lipinski definition) is 5. The zero-order valence-corrected chi connectivity index (χ0v) is 20.3. The smallest absolute Gasteiger partial charge is 0.258 e. The van der Waals surface area contributed by atoms with Gasteiger partial charge in [0, 0.05) is 45.1 Å². The van der Waals surface area contributed by atoms with Crippen molar-refractivity contribution in [2.45, 2.75) is 24.0 Å². The lowest BCUT2D eigenvalue weighted by atomic mass is 10.1. The lowest BCUT2D eigenvalue weighted by Gasteiger charge is -2.17. The number of amides is 2. The van der Waals surface area contributed by atoms with Gasteiger partial charge in [0.1, 0.15) is 0 Å². The number of thiazole rings is 1. The molecule has 170 valence electrons. The first-order valence-electron chi connectivity index (χ1n) is 11.0. The van der Waals surface area contributed by atoms with E-state index >= 15 is 0 Å². The molecule has 0 saturated heterocycles. The number of hydrogen-bond donors (Lipinski definition) is 1. The molecule has 2 amide bonds. The molecule has 5 rings (SSSR count). The topological polar surface area (TPSA) is 62.3 Å². The van der Waals surface area contributed by atoms with Crippen LogP contribution in [-0.4, -0.2) is 23.3 Å². The van der Waals surface area contributed by atoms with Crippen LogP contribution in [0.2, 0.25) is 0 Å². The summed E-state index contributed by atoms with van der Waals surface area (Å²) >= 11 is 3.35. The molecule has 34 heavy (non-hydrogen) atoms. The molecule has 1 aromatic heterocycles. The molecular weight excluding hydrogens is 462 g/mol. The number of nitrogens with one attached hydrogen (secondary N) is 1. The van der Waals surface area contributed by atoms with Crippen LogP contribution in [0.4, 0.5) is 11.4 Å². The third-order valence-corrected chi connectivity index (χ3v) is 7.56. The maximum Gasteiger partial charge on any atom is 0.258 e. The Morgan fingerprint density at radius 1 is 1.00 bits per heavy atom. The van der Waals surface area contributed by atoms with Crippen LogP contribution in [0.15, 0.2) is 83.1 Å². The highest BCUT2D eigenvalue weighted by molar-refractivity contribution is 7.98. The zero-order chi connectivity index (χ0) is 23.5. The highest BCUT2D eigenvalue weighted by Gasteiger charge is 2.25. The standard InChI is InChI=1S/C27H23N3O2S2/c1-18-28-23(16-33-18)17-34-24-12-8-20(9-13-24)26(31)29-22-10-6-21(7-11-22)27(32)30-15-14-19-4-2-3-5-25(19)30/h2-13,16H,14-15,17H2,1H3,(H,29,31). The normalized spacial score (nSPS) is 12.4. The highest BCUT2D eigenvalue weighted by Crippen LogP contribution is 2.29. The van der Waals surface area contributed by atoms with E-state index in [0.717, 1.165) is 33.5 Å². The van der Waals surface area contributed by atoms with Crippen molar-refractivity contribution in [1.82, 2.24) is 4.98 Å². The van der Waals surface area contributed by atoms with Crippen LogP contribution in [0.25, 0.3) is 0 Å². The fourth-order valence-electron chi connectivity index (χ4n) is 3.94. The number of para-hydroxylation sites is 1. The lowest BCUT2D eigenvalue weighted by Crippen LogP contribution is -2.28. The summed E-state index contributed by atoms with van der Waals surface area (Å²) in [6, 6.07) is 22.6. The molecule has 0 unspecified atom stereocenters. The molecule has 1 aliphatic heterocycles. The third kappa shape index (κ3) is 4.90. The van der Waals surface area contributed by atoms with Crippen molar-refractivity contribution in [3.05, 3.63) is 106 Å². The quantitative estimate of drug-likeness (QED) is 0.330. The molecule has 5 nitrogen and oxygen atoms in total. The number of aryl methyl sites for hydroxylation is 1. The van der Waals surface area contributed by atoms with Crippen molar-refractivity contribution in [1.29, 1.82) is 0 Å². The van der Waals surface area contributed by atoms with Crippen LogP contribution in [0.1, 0.15) is 37.0 Å². The molecule has 7 heteroatoms. The number of carbonyl (C=O) groups excluding carboxylic acids is 2. The van der Waals surface area contributed by atoms with Gasteiger partial charge in [0.2, 0.25) is 0 Å². The Morgan fingerprint density at radius 3 is 2.47 bits per heavy atom. The monoisotopic (exact) mass is 485 g/mol. The van der Waals surface area contributed by atoms with E-state index < -0.39 is 0 Å². The van der Waals surface area contributed by atoms with Crippen LogP contribution >= 0.6 is 23.1 Å². The number of rotatable bonds is 6. The fourth-order valence-corrected chi connectivity index (χ4v) is 5.45. The van der Waals surface area contributed by atoms with Crippen LogP contribution in [0, 0.1) is 6.92 Å². The average Bonchev–Trinajstić information content (AvgIpc) is 3.49. The van der Waals surface area contributed by atoms with E-state index in [1.807, 2.05) is 54.3 Å². The maximum absolute atomic E-state index is 13.0. The van der Waals surface area contributed by atoms with Gasteiger partial charge in [0.05, 0.1) is 10.7 Å². The van der Waals surface area contributed by atoms with E-state index in [1.54, 1.807) is 47.4 Å². The number of benzene rings is 3. The summed E-state index contributed by atoms with van der Waals surface area (Å²) in [6.07, 6.45) is 0.873. The Balaban J connectivity index is 1.18. The Morgan fingerprint density at radius 2 is 1.74 bits per heavy atom. The molecule has 1 aliphatic rings. The first kappa shape index (κ1) is 22.4. The molecule has 2 heterocycles. The molecule has 1 N–H and O–H groups in total. The van der Waals surface area contributed by atoms with E-state index in [0.29, 0.717) is 23.4 Å². The van der Waals surface area contributed by atoms with E-state index in [9.17, 15) is 9.59 Å². The molecule has 4 aromatic rings. The highest BCUT2D eigenvalue weighted by atomic mass is 32.2. The second-order valence-corrected chi connectivity index (χ2v) is 10.1. The maximum atomic E-state index is 13.0. The number of thioether (sulfide) groups is 1. The first-order chi connectivity index (χ1) is 16.6. The molecule has 3 aromatic carbocycles. The summed E-state index contributed by atoms with van der Waals surface area (Å²) in [5, 5.41) is 6.06. The van der Waals surface area contributed by atoms with Crippen molar-refractivity contribution in [3.8, 4) is 0 Å². The summed E-state index contributed by atoms with van der Waals surface area (Å²) in [4.78, 5) is 33.0. The molecule has 0 fully saturated rings. The Hall–Kier alpha value is -3.42. The van der Waals surface area contributed by atoms with E-state index in [2.05, 4.69) is 21.7 Å². The summed E-state index contributed by atoms with van der Waals surface area (Å²) in [5.74, 6) is 0.604. The van der Waals surface area contributed by atoms with Crippen LogP contribution in [0.5, 0.6) is 0 Å². The van der Waals surface area contributed by atoms with E-state index in [4.69, 9.17) is 0 Å². The number of nitrogens with zero attached hydrogens (tertiary/aromatic N) is 2. The number of aromatic nitrogens is 1. The Bertz CT molecular complexity index is 1330. The summed E-state index contributed by atoms with van der Waals surface area (Å²) in [7, 11) is 0. The Labute approximate surface area is 206 Å². The molecule has 0 atom stereocenters. The molecule has 0 radical (unpaired) electrons. The second kappa shape index (κ2) is 9.83. The van der Waals surface area contributed by atoms with Gasteiger partial charge < -0.3 is 10.2 Å². The molecule has 0 saturated carbocycles. The van der Waals surface area contributed by atoms with Crippen molar-refractivity contribution < 1.29 is 9.59 Å². The van der Waals surface area contributed by atoms with Crippen molar-refractivity contribution in [3.63, 3.8) is 0 Å². The van der Waals surface area contributed by atoms with Gasteiger partial charge in [0.25, 0.3) is 11.8 Å². The molecule has 0 bridgehead atoms. The van der Waals surface area contributed by atoms with Crippen LogP contribution < -0.4 is 10.2 Å². The summed E-state index contributed by atoms with van der Waals surface area (Å²) in [6.45, 7) is 2.69. The second-order valence-electron chi connectivity index (χ2n) is 8.04. The number of carbonyl (C=O) groups is 2. The minimum absolute atomic E-state index is 0.0243. The van der Waals surface area contributed by atoms with Gasteiger partial charge in [-0.2, -0.15) is 0 Å². The molecule has 0 aliphatic carbocycles. The minimum Gasteiger partial charge on any atom is -0.322 e. The largest absolute Gasteiger partial charge is 0.322 e. The predicted octanol–water partition coefficient (Wildman–Crippen LogP) is 6.20. The Kier molecular flexibility index (Phi) is 6.47. The van der Waals surface area contributed by atoms with Crippen LogP contribution in [0.3, 0.4) is 0 Å². The average molecular weight is 486 g/mol. The number of anilines is 2. The minimum atomic E-state index is -0.181. The summed E-state index contributed by atoms with van der Waals surface area (Å²) < 4.78 is 0. The fraction of sp³-hybridized carbons (Fsp3) is 0.148. The van der Waals surface area contributed by atoms with Crippen molar-refractivity contribution >= 4 is 46.3 Å². The summed E-state index contributed by atoms with van der Waals surface area (Å²) in [5.41, 5.74) is 5.09. The van der Waals surface area contributed by atoms with Gasteiger partial charge in [0.15, 0.2) is 0 Å². The van der Waals surface area contributed by atoms with Crippen LogP contribution in [-0.2, 0) is 12.2 Å². The molecular formula is C27H23N3O2S2. The third-order valence-electron chi connectivity index (χ3n) is 5.69. The lowest BCUT2D eigenvalue weighted by molar-refractivity contribution is 0.0988. The van der Waals surface area contributed by atoms with Gasteiger partial charge in [-0.1, -0.05) is 18.2 Å². The van der Waals surface area contributed by atoms with Crippen molar-refractivity contribution in [2.75, 3.05) is 16.8 Å². The van der Waals surface area contributed by atoms with Gasteiger partial charge in [-0.05, 0) is 73.5 Å². The number of fused-ring (bicyclic) bond motifs is 1.